The number of carbonyl (C=O) groups is 1. The van der Waals surface area contributed by atoms with E-state index in [-0.39, 0.29) is 30.1 Å². The van der Waals surface area contributed by atoms with Crippen LogP contribution in [0.5, 0.6) is 11.5 Å². The number of fused-ring (bicyclic) bond motifs is 1. The van der Waals surface area contributed by atoms with Crippen LogP contribution in [0.15, 0.2) is 23.2 Å². The van der Waals surface area contributed by atoms with Gasteiger partial charge in [0.05, 0.1) is 13.2 Å². The molecule has 1 aromatic carbocycles. The van der Waals surface area contributed by atoms with Gasteiger partial charge in [0.15, 0.2) is 17.5 Å². The van der Waals surface area contributed by atoms with Crippen molar-refractivity contribution in [2.75, 3.05) is 45.2 Å². The number of likely N-dealkylation sites (tertiary alicyclic amines) is 1. The van der Waals surface area contributed by atoms with Gasteiger partial charge >= 0.3 is 6.09 Å². The molecule has 31 heavy (non-hydrogen) atoms. The fourth-order valence-electron chi connectivity index (χ4n) is 3.52. The van der Waals surface area contributed by atoms with Crippen molar-refractivity contribution in [1.82, 2.24) is 10.2 Å². The first-order valence-electron chi connectivity index (χ1n) is 10.7. The average Bonchev–Trinajstić information content (AvgIpc) is 2.95. The number of guanidine groups is 1. The summed E-state index contributed by atoms with van der Waals surface area (Å²) in [4.78, 5) is 18.5. The van der Waals surface area contributed by atoms with Gasteiger partial charge in [0, 0.05) is 44.9 Å². The fraction of sp³-hybridized carbons (Fsp3) is 0.636. The molecule has 2 N–H and O–H groups in total. The Morgan fingerprint density at radius 3 is 2.68 bits per heavy atom. The Hall–Kier alpha value is -1.91. The maximum absolute atomic E-state index is 12.4. The molecule has 2 aliphatic rings. The van der Waals surface area contributed by atoms with Crippen LogP contribution in [-0.2, 0) is 4.74 Å². The molecule has 8 nitrogen and oxygen atoms in total. The van der Waals surface area contributed by atoms with Crippen molar-refractivity contribution >= 4 is 41.7 Å². The highest BCUT2D eigenvalue weighted by Crippen LogP contribution is 2.32. The van der Waals surface area contributed by atoms with Crippen LogP contribution >= 0.6 is 24.0 Å². The number of piperidine rings is 1. The smallest absolute Gasteiger partial charge is 0.410 e. The van der Waals surface area contributed by atoms with Gasteiger partial charge in [-0.25, -0.2) is 4.79 Å². The number of anilines is 1. The molecular weight excluding hydrogens is 511 g/mol. The Morgan fingerprint density at radius 2 is 1.97 bits per heavy atom. The van der Waals surface area contributed by atoms with E-state index in [9.17, 15) is 4.79 Å². The molecule has 9 heteroatoms. The first-order valence-corrected chi connectivity index (χ1v) is 10.7. The van der Waals surface area contributed by atoms with Gasteiger partial charge in [0.2, 0.25) is 0 Å². The van der Waals surface area contributed by atoms with Crippen LogP contribution < -0.4 is 20.1 Å². The number of amides is 1. The standard InChI is InChI=1S/C22H34N4O4.HI/c1-22(2,3)30-21(27)26-10-5-7-16(15-26)14-24-20(23-4)25-17-8-9-18-19(13-17)29-12-6-11-28-18;/h8-9,13,16H,5-7,10-12,14-15H2,1-4H3,(H2,23,24,25);1H. The van der Waals surface area contributed by atoms with Crippen LogP contribution in [0.2, 0.25) is 0 Å². The molecule has 1 saturated heterocycles. The molecule has 0 aromatic heterocycles. The van der Waals surface area contributed by atoms with E-state index in [0.717, 1.165) is 49.5 Å². The van der Waals surface area contributed by atoms with Crippen molar-refractivity contribution in [2.45, 2.75) is 45.6 Å². The molecule has 1 amide bonds. The van der Waals surface area contributed by atoms with Crippen molar-refractivity contribution in [2.24, 2.45) is 10.9 Å². The molecule has 3 rings (SSSR count). The van der Waals surface area contributed by atoms with E-state index in [4.69, 9.17) is 14.2 Å². The van der Waals surface area contributed by atoms with Crippen LogP contribution in [0.25, 0.3) is 0 Å². The number of halogens is 1. The third-order valence-electron chi connectivity index (χ3n) is 4.96. The monoisotopic (exact) mass is 546 g/mol. The summed E-state index contributed by atoms with van der Waals surface area (Å²) >= 11 is 0. The predicted molar refractivity (Wildman–Crippen MR) is 133 cm³/mol. The van der Waals surface area contributed by atoms with Crippen molar-refractivity contribution < 1.29 is 19.0 Å². The van der Waals surface area contributed by atoms with Gasteiger partial charge in [-0.15, -0.1) is 24.0 Å². The van der Waals surface area contributed by atoms with E-state index in [1.54, 1.807) is 11.9 Å². The molecule has 1 aromatic rings. The molecule has 0 radical (unpaired) electrons. The molecule has 174 valence electrons. The van der Waals surface area contributed by atoms with Crippen molar-refractivity contribution in [1.29, 1.82) is 0 Å². The highest BCUT2D eigenvalue weighted by molar-refractivity contribution is 14.0. The second kappa shape index (κ2) is 11.6. The highest BCUT2D eigenvalue weighted by atomic mass is 127. The lowest BCUT2D eigenvalue weighted by Gasteiger charge is -2.34. The van der Waals surface area contributed by atoms with Gasteiger partial charge < -0.3 is 29.7 Å². The largest absolute Gasteiger partial charge is 0.490 e. The summed E-state index contributed by atoms with van der Waals surface area (Å²) in [6.45, 7) is 9.15. The molecule has 1 fully saturated rings. The van der Waals surface area contributed by atoms with Crippen LogP contribution in [0.4, 0.5) is 10.5 Å². The topological polar surface area (TPSA) is 84.4 Å². The molecule has 1 atom stereocenters. The summed E-state index contributed by atoms with van der Waals surface area (Å²) in [5.41, 5.74) is 0.406. The molecule has 0 bridgehead atoms. The lowest BCUT2D eigenvalue weighted by Crippen LogP contribution is -2.46. The number of aliphatic imine (C=N–C) groups is 1. The Bertz CT molecular complexity index is 766. The van der Waals surface area contributed by atoms with Crippen molar-refractivity contribution in [3.8, 4) is 11.5 Å². The Balaban J connectivity index is 0.00000341. The van der Waals surface area contributed by atoms with Gasteiger partial charge in [-0.3, -0.25) is 4.99 Å². The minimum atomic E-state index is -0.475. The second-order valence-corrected chi connectivity index (χ2v) is 8.72. The van der Waals surface area contributed by atoms with Gasteiger partial charge in [-0.1, -0.05) is 0 Å². The zero-order valence-corrected chi connectivity index (χ0v) is 21.2. The maximum Gasteiger partial charge on any atom is 0.410 e. The summed E-state index contributed by atoms with van der Waals surface area (Å²) in [6.07, 6.45) is 2.68. The Kier molecular flexibility index (Phi) is 9.52. The normalized spacial score (nSPS) is 19.0. The molecule has 0 aliphatic carbocycles. The number of nitrogens with one attached hydrogen (secondary N) is 2. The van der Waals surface area contributed by atoms with Gasteiger partial charge in [0.1, 0.15) is 5.60 Å². The van der Waals surface area contributed by atoms with Crippen LogP contribution in [0.3, 0.4) is 0 Å². The molecule has 2 heterocycles. The summed E-state index contributed by atoms with van der Waals surface area (Å²) in [5, 5.41) is 6.68. The van der Waals surface area contributed by atoms with Gasteiger partial charge in [-0.2, -0.15) is 0 Å². The quantitative estimate of drug-likeness (QED) is 0.338. The fourth-order valence-corrected chi connectivity index (χ4v) is 3.52. The minimum absolute atomic E-state index is 0. The van der Waals surface area contributed by atoms with Crippen LogP contribution in [-0.4, -0.2) is 62.4 Å². The Morgan fingerprint density at radius 1 is 1.23 bits per heavy atom. The van der Waals surface area contributed by atoms with Gasteiger partial charge in [-0.05, 0) is 51.7 Å². The van der Waals surface area contributed by atoms with E-state index < -0.39 is 5.60 Å². The summed E-state index contributed by atoms with van der Waals surface area (Å²) in [5.74, 6) is 2.53. The second-order valence-electron chi connectivity index (χ2n) is 8.72. The van der Waals surface area contributed by atoms with E-state index in [1.807, 2.05) is 39.0 Å². The number of rotatable bonds is 3. The number of ether oxygens (including phenoxy) is 3. The number of carbonyl (C=O) groups excluding carboxylic acids is 1. The number of hydrogen-bond donors (Lipinski definition) is 2. The summed E-state index contributed by atoms with van der Waals surface area (Å²) in [7, 11) is 1.74. The van der Waals surface area contributed by atoms with Crippen molar-refractivity contribution in [3.05, 3.63) is 18.2 Å². The Labute approximate surface area is 202 Å². The van der Waals surface area contributed by atoms with Crippen molar-refractivity contribution in [3.63, 3.8) is 0 Å². The lowest BCUT2D eigenvalue weighted by atomic mass is 9.98. The van der Waals surface area contributed by atoms with E-state index >= 15 is 0 Å². The number of hydrogen-bond acceptors (Lipinski definition) is 5. The number of benzene rings is 1. The highest BCUT2D eigenvalue weighted by Gasteiger charge is 2.27. The van der Waals surface area contributed by atoms with Gasteiger partial charge in [0.25, 0.3) is 0 Å². The molecule has 2 aliphatic heterocycles. The number of nitrogens with zero attached hydrogens (tertiary/aromatic N) is 2. The van der Waals surface area contributed by atoms with E-state index in [1.165, 1.54) is 0 Å². The van der Waals surface area contributed by atoms with E-state index in [2.05, 4.69) is 15.6 Å². The zero-order chi connectivity index (χ0) is 21.6. The molecular formula is C22H35IN4O4. The predicted octanol–water partition coefficient (Wildman–Crippen LogP) is 4.10. The molecule has 0 saturated carbocycles. The third-order valence-corrected chi connectivity index (χ3v) is 4.96. The third kappa shape index (κ3) is 7.93. The minimum Gasteiger partial charge on any atom is -0.490 e. The summed E-state index contributed by atoms with van der Waals surface area (Å²) in [6, 6.07) is 5.79. The van der Waals surface area contributed by atoms with Crippen LogP contribution in [0.1, 0.15) is 40.0 Å². The lowest BCUT2D eigenvalue weighted by molar-refractivity contribution is 0.0168. The zero-order valence-electron chi connectivity index (χ0n) is 18.9. The first-order chi connectivity index (χ1) is 14.3. The SMILES string of the molecule is CN=C(NCC1CCCN(C(=O)OC(C)(C)C)C1)Nc1ccc2c(c1)OCCCO2.I. The maximum atomic E-state index is 12.4. The summed E-state index contributed by atoms with van der Waals surface area (Å²) < 4.78 is 16.9. The first kappa shape index (κ1) is 25.4. The molecule has 0 spiro atoms. The van der Waals surface area contributed by atoms with Crippen LogP contribution in [0, 0.1) is 5.92 Å². The molecule has 1 unspecified atom stereocenters. The van der Waals surface area contributed by atoms with E-state index in [0.29, 0.717) is 31.6 Å². The average molecular weight is 546 g/mol.